The second kappa shape index (κ2) is 9.23. The Kier molecular flexibility index (Phi) is 5.72. The summed E-state index contributed by atoms with van der Waals surface area (Å²) in [5.74, 6) is 0.614. The van der Waals surface area contributed by atoms with E-state index in [-0.39, 0.29) is 5.82 Å². The average molecular weight is 504 g/mol. The zero-order valence-electron chi connectivity index (χ0n) is 21.3. The van der Waals surface area contributed by atoms with E-state index in [0.29, 0.717) is 34.2 Å². The van der Waals surface area contributed by atoms with Crippen LogP contribution in [0.4, 0.5) is 10.1 Å². The number of fused-ring (bicyclic) bond motifs is 2. The fraction of sp³-hybridized carbons (Fsp3) is 0.133. The maximum Gasteiger partial charge on any atom is 0.159 e. The number of aryl methyl sites for hydroxylation is 1. The van der Waals surface area contributed by atoms with Gasteiger partial charge in [-0.15, -0.1) is 0 Å². The highest BCUT2D eigenvalue weighted by Crippen LogP contribution is 2.33. The summed E-state index contributed by atoms with van der Waals surface area (Å²) in [6, 6.07) is 14.9. The molecule has 0 atom stereocenters. The summed E-state index contributed by atoms with van der Waals surface area (Å²) in [6.07, 6.45) is 5.33. The molecule has 0 radical (unpaired) electrons. The number of H-pyrrole nitrogens is 2. The van der Waals surface area contributed by atoms with Gasteiger partial charge in [-0.2, -0.15) is 5.10 Å². The molecule has 6 rings (SSSR count). The van der Waals surface area contributed by atoms with Crippen molar-refractivity contribution in [3.8, 4) is 33.9 Å². The molecule has 0 spiro atoms. The van der Waals surface area contributed by atoms with Gasteiger partial charge in [0, 0.05) is 34.6 Å². The topological polar surface area (TPSA) is 95.2 Å². The molecule has 4 aromatic heterocycles. The summed E-state index contributed by atoms with van der Waals surface area (Å²) in [4.78, 5) is 17.2. The molecular formula is C30H26FN7. The summed E-state index contributed by atoms with van der Waals surface area (Å²) >= 11 is 0. The lowest BCUT2D eigenvalue weighted by Gasteiger charge is -2.13. The van der Waals surface area contributed by atoms with E-state index in [1.165, 1.54) is 12.1 Å². The van der Waals surface area contributed by atoms with Crippen molar-refractivity contribution >= 4 is 27.6 Å². The molecule has 0 amide bonds. The van der Waals surface area contributed by atoms with Crippen LogP contribution in [0.2, 0.25) is 0 Å². The minimum absolute atomic E-state index is 0.303. The Labute approximate surface area is 218 Å². The molecule has 6 aromatic rings. The Morgan fingerprint density at radius 3 is 2.63 bits per heavy atom. The molecule has 38 heavy (non-hydrogen) atoms. The fourth-order valence-corrected chi connectivity index (χ4v) is 4.50. The second-order valence-corrected chi connectivity index (χ2v) is 9.76. The number of nitrogens with one attached hydrogen (secondary N) is 3. The molecular weight excluding hydrogens is 477 g/mol. The fourth-order valence-electron chi connectivity index (χ4n) is 4.50. The summed E-state index contributed by atoms with van der Waals surface area (Å²) in [5.41, 5.74) is 8.95. The molecule has 0 aliphatic carbocycles. The van der Waals surface area contributed by atoms with Crippen molar-refractivity contribution in [2.45, 2.75) is 20.8 Å². The first-order valence-electron chi connectivity index (χ1n) is 12.4. The number of aromatic amines is 2. The van der Waals surface area contributed by atoms with Gasteiger partial charge in [0.05, 0.1) is 28.6 Å². The van der Waals surface area contributed by atoms with Gasteiger partial charge in [-0.3, -0.25) is 15.1 Å². The Morgan fingerprint density at radius 2 is 1.82 bits per heavy atom. The smallest absolute Gasteiger partial charge is 0.159 e. The number of benzene rings is 2. The van der Waals surface area contributed by atoms with E-state index in [4.69, 9.17) is 4.98 Å². The van der Waals surface area contributed by atoms with Crippen LogP contribution in [0.3, 0.4) is 0 Å². The number of pyridine rings is 2. The Hall–Kier alpha value is -4.85. The lowest BCUT2D eigenvalue weighted by molar-refractivity contribution is 0.627. The molecule has 0 unspecified atom stereocenters. The summed E-state index contributed by atoms with van der Waals surface area (Å²) in [6.45, 7) is 10.1. The number of aromatic nitrogens is 6. The quantitative estimate of drug-likeness (QED) is 0.222. The van der Waals surface area contributed by atoms with Gasteiger partial charge in [-0.25, -0.2) is 9.37 Å². The van der Waals surface area contributed by atoms with Crippen LogP contribution >= 0.6 is 0 Å². The van der Waals surface area contributed by atoms with Crippen LogP contribution in [0, 0.1) is 18.7 Å². The monoisotopic (exact) mass is 503 g/mol. The maximum absolute atomic E-state index is 14.1. The number of hydrogen-bond acceptors (Lipinski definition) is 5. The summed E-state index contributed by atoms with van der Waals surface area (Å²) in [7, 11) is 0. The van der Waals surface area contributed by atoms with Gasteiger partial charge in [0.25, 0.3) is 0 Å². The van der Waals surface area contributed by atoms with E-state index in [0.717, 1.165) is 44.5 Å². The van der Waals surface area contributed by atoms with Crippen LogP contribution in [0.25, 0.3) is 55.8 Å². The molecule has 0 aliphatic rings. The maximum atomic E-state index is 14.1. The zero-order chi connectivity index (χ0) is 26.4. The van der Waals surface area contributed by atoms with Crippen LogP contribution in [-0.2, 0) is 0 Å². The first-order valence-corrected chi connectivity index (χ1v) is 12.4. The number of allylic oxidation sites excluding steroid dienone is 1. The molecule has 8 heteroatoms. The van der Waals surface area contributed by atoms with E-state index >= 15 is 0 Å². The van der Waals surface area contributed by atoms with Gasteiger partial charge in [-0.1, -0.05) is 26.5 Å². The van der Waals surface area contributed by atoms with Crippen LogP contribution < -0.4 is 5.32 Å². The Morgan fingerprint density at radius 1 is 0.947 bits per heavy atom. The van der Waals surface area contributed by atoms with Crippen LogP contribution in [0.5, 0.6) is 0 Å². The molecule has 0 saturated heterocycles. The normalized spacial score (nSPS) is 11.5. The SMILES string of the molecule is C=C(Nc1cncc(-c2ccc3[nH]nc(-c4nc5c(-c6cc(C)cc(F)c6)nccc5[nH]4)c3c2)c1)C(C)C. The van der Waals surface area contributed by atoms with Gasteiger partial charge in [0.2, 0.25) is 0 Å². The molecule has 0 bridgehead atoms. The van der Waals surface area contributed by atoms with Gasteiger partial charge >= 0.3 is 0 Å². The summed E-state index contributed by atoms with van der Waals surface area (Å²) < 4.78 is 14.1. The number of anilines is 1. The molecule has 0 fully saturated rings. The number of rotatable bonds is 6. The van der Waals surface area contributed by atoms with Gasteiger partial charge in [0.15, 0.2) is 5.82 Å². The first-order chi connectivity index (χ1) is 18.4. The van der Waals surface area contributed by atoms with Crippen LogP contribution in [0.15, 0.2) is 79.4 Å². The largest absolute Gasteiger partial charge is 0.358 e. The van der Waals surface area contributed by atoms with Crippen molar-refractivity contribution in [3.63, 3.8) is 0 Å². The molecule has 3 N–H and O–H groups in total. The number of halogens is 1. The van der Waals surface area contributed by atoms with Crippen LogP contribution in [0.1, 0.15) is 19.4 Å². The van der Waals surface area contributed by atoms with E-state index in [2.05, 4.69) is 63.0 Å². The van der Waals surface area contributed by atoms with E-state index in [9.17, 15) is 4.39 Å². The standard InChI is InChI=1S/C30H26FN7/c1-16(2)18(4)34-23-12-21(14-32-15-23)19-5-6-25-24(13-19)28(38-37-25)30-35-26-7-8-33-27(29(26)36-30)20-9-17(3)10-22(31)11-20/h5-16,34H,4H2,1-3H3,(H,35,36)(H,37,38). The van der Waals surface area contributed by atoms with Crippen molar-refractivity contribution in [1.82, 2.24) is 30.1 Å². The highest BCUT2D eigenvalue weighted by molar-refractivity contribution is 5.97. The predicted octanol–water partition coefficient (Wildman–Crippen LogP) is 7.26. The number of hydrogen-bond donors (Lipinski definition) is 3. The van der Waals surface area contributed by atoms with Gasteiger partial charge in [-0.05, 0) is 66.4 Å². The van der Waals surface area contributed by atoms with Crippen LogP contribution in [-0.4, -0.2) is 30.1 Å². The molecule has 2 aromatic carbocycles. The minimum atomic E-state index is -0.303. The van der Waals surface area contributed by atoms with E-state index in [1.807, 2.05) is 37.4 Å². The van der Waals surface area contributed by atoms with E-state index in [1.54, 1.807) is 12.4 Å². The molecule has 0 saturated carbocycles. The average Bonchev–Trinajstić information content (AvgIpc) is 3.51. The highest BCUT2D eigenvalue weighted by atomic mass is 19.1. The van der Waals surface area contributed by atoms with Crippen molar-refractivity contribution in [2.24, 2.45) is 5.92 Å². The molecule has 4 heterocycles. The highest BCUT2D eigenvalue weighted by Gasteiger charge is 2.17. The van der Waals surface area contributed by atoms with Gasteiger partial charge < -0.3 is 10.3 Å². The Bertz CT molecular complexity index is 1810. The summed E-state index contributed by atoms with van der Waals surface area (Å²) in [5, 5.41) is 11.9. The number of imidazole rings is 1. The minimum Gasteiger partial charge on any atom is -0.358 e. The lowest BCUT2D eigenvalue weighted by atomic mass is 10.0. The van der Waals surface area contributed by atoms with Gasteiger partial charge in [0.1, 0.15) is 17.0 Å². The number of nitrogens with zero attached hydrogens (tertiary/aromatic N) is 4. The first kappa shape index (κ1) is 23.5. The lowest BCUT2D eigenvalue weighted by Crippen LogP contribution is -2.04. The molecule has 0 aliphatic heterocycles. The molecule has 188 valence electrons. The predicted molar refractivity (Wildman–Crippen MR) is 150 cm³/mol. The van der Waals surface area contributed by atoms with Crippen molar-refractivity contribution < 1.29 is 4.39 Å². The van der Waals surface area contributed by atoms with Crippen molar-refractivity contribution in [1.29, 1.82) is 0 Å². The third-order valence-corrected chi connectivity index (χ3v) is 6.58. The second-order valence-electron chi connectivity index (χ2n) is 9.76. The van der Waals surface area contributed by atoms with Crippen molar-refractivity contribution in [2.75, 3.05) is 5.32 Å². The Balaban J connectivity index is 1.42. The zero-order valence-corrected chi connectivity index (χ0v) is 21.3. The molecule has 7 nitrogen and oxygen atoms in total. The van der Waals surface area contributed by atoms with E-state index < -0.39 is 0 Å². The van der Waals surface area contributed by atoms with Crippen molar-refractivity contribution in [3.05, 3.63) is 90.8 Å². The third kappa shape index (κ3) is 4.30. The third-order valence-electron chi connectivity index (χ3n) is 6.58.